The van der Waals surface area contributed by atoms with E-state index in [1.54, 1.807) is 6.07 Å². The number of esters is 1. The summed E-state index contributed by atoms with van der Waals surface area (Å²) in [5, 5.41) is 2.39. The van der Waals surface area contributed by atoms with E-state index in [4.69, 9.17) is 0 Å². The lowest BCUT2D eigenvalue weighted by Gasteiger charge is -2.12. The molecule has 0 saturated carbocycles. The van der Waals surface area contributed by atoms with E-state index < -0.39 is 23.7 Å². The Morgan fingerprint density at radius 2 is 1.77 bits per heavy atom. The molecule has 114 valence electrons. The van der Waals surface area contributed by atoms with Crippen LogP contribution >= 0.6 is 0 Å². The van der Waals surface area contributed by atoms with Crippen molar-refractivity contribution < 1.29 is 18.7 Å². The van der Waals surface area contributed by atoms with Gasteiger partial charge in [-0.1, -0.05) is 36.4 Å². The maximum absolute atomic E-state index is 14.1. The minimum absolute atomic E-state index is 0.115. The molecule has 0 spiro atoms. The summed E-state index contributed by atoms with van der Waals surface area (Å²) >= 11 is 0. The molecule has 1 N–H and O–H groups in total. The molecule has 4 nitrogen and oxygen atoms in total. The van der Waals surface area contributed by atoms with Crippen LogP contribution in [0.15, 0.2) is 48.5 Å². The van der Waals surface area contributed by atoms with E-state index in [1.807, 2.05) is 30.3 Å². The van der Waals surface area contributed by atoms with E-state index in [2.05, 4.69) is 10.1 Å². The zero-order chi connectivity index (χ0) is 16.1. The quantitative estimate of drug-likeness (QED) is 0.884. The number of halogens is 1. The van der Waals surface area contributed by atoms with Crippen LogP contribution < -0.4 is 5.32 Å². The number of carbonyl (C=O) groups is 2. The Balaban J connectivity index is 2.20. The molecular weight excluding hydrogens is 285 g/mol. The molecule has 2 aromatic rings. The van der Waals surface area contributed by atoms with Crippen LogP contribution in [0.5, 0.6) is 0 Å². The zero-order valence-corrected chi connectivity index (χ0v) is 12.3. The van der Waals surface area contributed by atoms with Crippen molar-refractivity contribution in [1.29, 1.82) is 0 Å². The van der Waals surface area contributed by atoms with Gasteiger partial charge in [-0.2, -0.15) is 0 Å². The monoisotopic (exact) mass is 301 g/mol. The van der Waals surface area contributed by atoms with Gasteiger partial charge in [-0.3, -0.25) is 4.79 Å². The normalized spacial score (nSPS) is 11.6. The van der Waals surface area contributed by atoms with Crippen LogP contribution in [0, 0.1) is 5.82 Å². The summed E-state index contributed by atoms with van der Waals surface area (Å²) in [6, 6.07) is 12.8. The third-order valence-corrected chi connectivity index (χ3v) is 3.22. The number of carbonyl (C=O) groups excluding carboxylic acids is 2. The van der Waals surface area contributed by atoms with Gasteiger partial charge in [-0.25, -0.2) is 9.18 Å². The highest BCUT2D eigenvalue weighted by molar-refractivity contribution is 5.97. The fourth-order valence-electron chi connectivity index (χ4n) is 2.02. The minimum atomic E-state index is -0.842. The molecule has 0 bridgehead atoms. The van der Waals surface area contributed by atoms with Crippen LogP contribution in [0.2, 0.25) is 0 Å². The molecule has 1 amide bonds. The van der Waals surface area contributed by atoms with E-state index in [0.717, 1.165) is 5.56 Å². The van der Waals surface area contributed by atoms with Crippen LogP contribution in [-0.2, 0) is 9.53 Å². The van der Waals surface area contributed by atoms with E-state index in [-0.39, 0.29) is 5.56 Å². The SMILES string of the molecule is COC(=O)[C@@H](C)NC(=O)c1ccc(-c2ccccc2)cc1F. The first-order chi connectivity index (χ1) is 10.5. The second-order valence-corrected chi connectivity index (χ2v) is 4.78. The highest BCUT2D eigenvalue weighted by Crippen LogP contribution is 2.21. The number of ether oxygens (including phenoxy) is 1. The molecular formula is C17H16FNO3. The van der Waals surface area contributed by atoms with E-state index in [0.29, 0.717) is 5.56 Å². The van der Waals surface area contributed by atoms with Crippen LogP contribution in [0.1, 0.15) is 17.3 Å². The highest BCUT2D eigenvalue weighted by Gasteiger charge is 2.19. The van der Waals surface area contributed by atoms with Crippen LogP contribution in [0.3, 0.4) is 0 Å². The van der Waals surface area contributed by atoms with Gasteiger partial charge in [0, 0.05) is 0 Å². The van der Waals surface area contributed by atoms with Gasteiger partial charge >= 0.3 is 5.97 Å². The van der Waals surface area contributed by atoms with E-state index in [9.17, 15) is 14.0 Å². The highest BCUT2D eigenvalue weighted by atomic mass is 19.1. The average molecular weight is 301 g/mol. The van der Waals surface area contributed by atoms with Crippen molar-refractivity contribution in [3.8, 4) is 11.1 Å². The molecule has 0 aromatic heterocycles. The van der Waals surface area contributed by atoms with Gasteiger partial charge in [0.2, 0.25) is 0 Å². The van der Waals surface area contributed by atoms with Gasteiger partial charge in [0.05, 0.1) is 12.7 Å². The number of methoxy groups -OCH3 is 1. The van der Waals surface area contributed by atoms with Crippen LogP contribution in [0.4, 0.5) is 4.39 Å². The molecule has 0 aliphatic carbocycles. The number of hydrogen-bond donors (Lipinski definition) is 1. The third-order valence-electron chi connectivity index (χ3n) is 3.22. The van der Waals surface area contributed by atoms with Gasteiger partial charge in [-0.15, -0.1) is 0 Å². The first kappa shape index (κ1) is 15.7. The molecule has 2 rings (SSSR count). The molecule has 0 unspecified atom stereocenters. The van der Waals surface area contributed by atoms with Gasteiger partial charge in [0.1, 0.15) is 11.9 Å². The Morgan fingerprint density at radius 1 is 1.09 bits per heavy atom. The fourth-order valence-corrected chi connectivity index (χ4v) is 2.02. The molecule has 0 saturated heterocycles. The number of hydrogen-bond acceptors (Lipinski definition) is 3. The first-order valence-electron chi connectivity index (χ1n) is 6.76. The predicted octanol–water partition coefficient (Wildman–Crippen LogP) is 2.78. The smallest absolute Gasteiger partial charge is 0.328 e. The van der Waals surface area contributed by atoms with Gasteiger partial charge < -0.3 is 10.1 Å². The molecule has 0 heterocycles. The largest absolute Gasteiger partial charge is 0.467 e. The van der Waals surface area contributed by atoms with Crippen molar-refractivity contribution in [1.82, 2.24) is 5.32 Å². The average Bonchev–Trinajstić information content (AvgIpc) is 2.54. The Hall–Kier alpha value is -2.69. The maximum atomic E-state index is 14.1. The van der Waals surface area contributed by atoms with Crippen molar-refractivity contribution in [2.75, 3.05) is 7.11 Å². The topological polar surface area (TPSA) is 55.4 Å². The summed E-state index contributed by atoms with van der Waals surface area (Å²) in [6.45, 7) is 1.47. The van der Waals surface area contributed by atoms with E-state index in [1.165, 1.54) is 26.2 Å². The zero-order valence-electron chi connectivity index (χ0n) is 12.3. The molecule has 0 fully saturated rings. The Kier molecular flexibility index (Phi) is 4.88. The van der Waals surface area contributed by atoms with Crippen molar-refractivity contribution in [2.45, 2.75) is 13.0 Å². The summed E-state index contributed by atoms with van der Waals surface area (Å²) in [5.74, 6) is -1.89. The molecule has 2 aromatic carbocycles. The molecule has 5 heteroatoms. The molecule has 0 aliphatic rings. The van der Waals surface area contributed by atoms with Gasteiger partial charge in [-0.05, 0) is 30.2 Å². The Morgan fingerprint density at radius 3 is 2.36 bits per heavy atom. The minimum Gasteiger partial charge on any atom is -0.467 e. The Labute approximate surface area is 127 Å². The Bertz CT molecular complexity index is 686. The summed E-state index contributed by atoms with van der Waals surface area (Å²) in [4.78, 5) is 23.3. The summed E-state index contributed by atoms with van der Waals surface area (Å²) < 4.78 is 18.7. The molecule has 0 aliphatic heterocycles. The van der Waals surface area contributed by atoms with Crippen molar-refractivity contribution >= 4 is 11.9 Å². The van der Waals surface area contributed by atoms with Gasteiger partial charge in [0.25, 0.3) is 5.91 Å². The molecule has 1 atom stereocenters. The van der Waals surface area contributed by atoms with Gasteiger partial charge in [0.15, 0.2) is 0 Å². The summed E-state index contributed by atoms with van der Waals surface area (Å²) in [7, 11) is 1.22. The van der Waals surface area contributed by atoms with Crippen molar-refractivity contribution in [3.63, 3.8) is 0 Å². The van der Waals surface area contributed by atoms with Crippen LogP contribution in [-0.4, -0.2) is 25.0 Å². The molecule has 0 radical (unpaired) electrons. The van der Waals surface area contributed by atoms with E-state index >= 15 is 0 Å². The lowest BCUT2D eigenvalue weighted by molar-refractivity contribution is -0.142. The second kappa shape index (κ2) is 6.85. The number of rotatable bonds is 4. The summed E-state index contributed by atoms with van der Waals surface area (Å²) in [6.07, 6.45) is 0. The second-order valence-electron chi connectivity index (χ2n) is 4.78. The lowest BCUT2D eigenvalue weighted by atomic mass is 10.0. The fraction of sp³-hybridized carbons (Fsp3) is 0.176. The van der Waals surface area contributed by atoms with Crippen molar-refractivity contribution in [2.24, 2.45) is 0 Å². The van der Waals surface area contributed by atoms with Crippen LogP contribution in [0.25, 0.3) is 11.1 Å². The number of benzene rings is 2. The van der Waals surface area contributed by atoms with Crippen molar-refractivity contribution in [3.05, 3.63) is 59.9 Å². The predicted molar refractivity (Wildman–Crippen MR) is 80.8 cm³/mol. The first-order valence-corrected chi connectivity index (χ1v) is 6.76. The summed E-state index contributed by atoms with van der Waals surface area (Å²) in [5.41, 5.74) is 1.42. The third kappa shape index (κ3) is 3.49. The molecule has 22 heavy (non-hydrogen) atoms. The number of amides is 1. The lowest BCUT2D eigenvalue weighted by Crippen LogP contribution is -2.39. The maximum Gasteiger partial charge on any atom is 0.328 e. The number of nitrogens with one attached hydrogen (secondary N) is 1. The standard InChI is InChI=1S/C17H16FNO3/c1-11(17(21)22-2)19-16(20)14-9-8-13(10-15(14)18)12-6-4-3-5-7-12/h3-11H,1-2H3,(H,19,20)/t11-/m1/s1.